The van der Waals surface area contributed by atoms with Crippen LogP contribution in [0.5, 0.6) is 0 Å². The number of rotatable bonds is 6. The SMILES string of the molecule is C[C@@H]1CCCN(c2cc(N3CCc4ccccc4C3)nc(NC(=S)NCC3(c4ccc(Cl)cc4)CCOCC3)n2)C1. The molecule has 6 rings (SSSR count). The van der Waals surface area contributed by atoms with Crippen LogP contribution in [0, 0.1) is 5.92 Å². The van der Waals surface area contributed by atoms with Crippen molar-refractivity contribution in [2.45, 2.75) is 51.0 Å². The smallest absolute Gasteiger partial charge is 0.232 e. The summed E-state index contributed by atoms with van der Waals surface area (Å²) in [5, 5.41) is 8.11. The van der Waals surface area contributed by atoms with E-state index in [0.717, 1.165) is 75.3 Å². The molecule has 2 saturated heterocycles. The molecule has 2 fully saturated rings. The van der Waals surface area contributed by atoms with Crippen molar-refractivity contribution in [3.8, 4) is 0 Å². The Labute approximate surface area is 253 Å². The molecule has 1 atom stereocenters. The molecular weight excluding hydrogens is 552 g/mol. The first-order valence-electron chi connectivity index (χ1n) is 14.8. The van der Waals surface area contributed by atoms with E-state index < -0.39 is 0 Å². The summed E-state index contributed by atoms with van der Waals surface area (Å²) in [6.07, 6.45) is 5.29. The van der Waals surface area contributed by atoms with Gasteiger partial charge in [0, 0.05) is 62.4 Å². The number of benzene rings is 2. The van der Waals surface area contributed by atoms with Crippen LogP contribution in [-0.2, 0) is 23.1 Å². The lowest BCUT2D eigenvalue weighted by atomic mass is 9.74. The number of halogens is 1. The summed E-state index contributed by atoms with van der Waals surface area (Å²) < 4.78 is 5.71. The second-order valence-corrected chi connectivity index (χ2v) is 12.6. The number of fused-ring (bicyclic) bond motifs is 1. The fraction of sp³-hybridized carbons (Fsp3) is 0.469. The maximum absolute atomic E-state index is 6.19. The highest BCUT2D eigenvalue weighted by Crippen LogP contribution is 2.35. The molecule has 3 aliphatic rings. The number of ether oxygens (including phenoxy) is 1. The Bertz CT molecular complexity index is 1360. The van der Waals surface area contributed by atoms with Gasteiger partial charge in [0.15, 0.2) is 5.11 Å². The molecule has 3 aromatic rings. The Hall–Kier alpha value is -2.94. The molecule has 0 spiro atoms. The highest BCUT2D eigenvalue weighted by atomic mass is 35.5. The van der Waals surface area contributed by atoms with Crippen LogP contribution in [-0.4, -0.2) is 54.5 Å². The van der Waals surface area contributed by atoms with Crippen molar-refractivity contribution in [2.24, 2.45) is 5.92 Å². The van der Waals surface area contributed by atoms with Crippen LogP contribution >= 0.6 is 23.8 Å². The Balaban J connectivity index is 1.21. The van der Waals surface area contributed by atoms with Crippen LogP contribution in [0.25, 0.3) is 0 Å². The summed E-state index contributed by atoms with van der Waals surface area (Å²) in [5.41, 5.74) is 3.97. The normalized spacial score (nSPS) is 20.3. The fourth-order valence-corrected chi connectivity index (χ4v) is 6.71. The van der Waals surface area contributed by atoms with E-state index >= 15 is 0 Å². The molecule has 216 valence electrons. The van der Waals surface area contributed by atoms with Gasteiger partial charge in [0.25, 0.3) is 0 Å². The molecule has 7 nitrogen and oxygen atoms in total. The van der Waals surface area contributed by atoms with Crippen LogP contribution in [0.15, 0.2) is 54.6 Å². The van der Waals surface area contributed by atoms with Gasteiger partial charge in [0.05, 0.1) is 0 Å². The lowest BCUT2D eigenvalue weighted by Gasteiger charge is -2.38. The molecule has 0 amide bonds. The van der Waals surface area contributed by atoms with Crippen molar-refractivity contribution in [2.75, 3.05) is 54.5 Å². The Kier molecular flexibility index (Phi) is 8.60. The molecule has 0 radical (unpaired) electrons. The summed E-state index contributed by atoms with van der Waals surface area (Å²) in [6, 6.07) is 19.0. The highest BCUT2D eigenvalue weighted by Gasteiger charge is 2.34. The van der Waals surface area contributed by atoms with Gasteiger partial charge in [-0.2, -0.15) is 9.97 Å². The predicted molar refractivity (Wildman–Crippen MR) is 171 cm³/mol. The lowest BCUT2D eigenvalue weighted by Crippen LogP contribution is -2.45. The molecule has 41 heavy (non-hydrogen) atoms. The van der Waals surface area contributed by atoms with E-state index in [1.165, 1.54) is 29.5 Å². The number of nitrogens with zero attached hydrogens (tertiary/aromatic N) is 4. The van der Waals surface area contributed by atoms with Gasteiger partial charge in [-0.25, -0.2) is 0 Å². The van der Waals surface area contributed by atoms with Crippen molar-refractivity contribution in [3.05, 3.63) is 76.3 Å². The molecule has 3 aliphatic heterocycles. The molecule has 4 heterocycles. The van der Waals surface area contributed by atoms with Gasteiger partial charge in [0.1, 0.15) is 11.6 Å². The van der Waals surface area contributed by atoms with E-state index in [1.54, 1.807) is 0 Å². The average Bonchev–Trinajstić information content (AvgIpc) is 3.00. The molecular formula is C32H39ClN6OS. The monoisotopic (exact) mass is 590 g/mol. The number of anilines is 3. The number of hydrogen-bond acceptors (Lipinski definition) is 6. The summed E-state index contributed by atoms with van der Waals surface area (Å²) >= 11 is 12.0. The van der Waals surface area contributed by atoms with Crippen molar-refractivity contribution < 1.29 is 4.74 Å². The second kappa shape index (κ2) is 12.5. The van der Waals surface area contributed by atoms with Crippen LogP contribution in [0.3, 0.4) is 0 Å². The van der Waals surface area contributed by atoms with E-state index in [0.29, 0.717) is 23.5 Å². The summed E-state index contributed by atoms with van der Waals surface area (Å²) in [5.74, 6) is 3.09. The molecule has 0 aliphatic carbocycles. The van der Waals surface area contributed by atoms with E-state index in [-0.39, 0.29) is 5.41 Å². The average molecular weight is 591 g/mol. The number of nitrogens with one attached hydrogen (secondary N) is 2. The molecule has 0 bridgehead atoms. The van der Waals surface area contributed by atoms with Gasteiger partial charge in [-0.1, -0.05) is 54.9 Å². The summed E-state index contributed by atoms with van der Waals surface area (Å²) in [7, 11) is 0. The number of thiocarbonyl (C=S) groups is 1. The molecule has 9 heteroatoms. The van der Waals surface area contributed by atoms with Crippen molar-refractivity contribution in [3.63, 3.8) is 0 Å². The Morgan fingerprint density at radius 3 is 2.51 bits per heavy atom. The Morgan fingerprint density at radius 2 is 1.76 bits per heavy atom. The summed E-state index contributed by atoms with van der Waals surface area (Å²) in [6.45, 7) is 8.27. The first-order valence-corrected chi connectivity index (χ1v) is 15.6. The Morgan fingerprint density at radius 1 is 1.02 bits per heavy atom. The maximum atomic E-state index is 6.19. The first kappa shape index (κ1) is 28.2. The molecule has 2 N–H and O–H groups in total. The standard InChI is InChI=1S/C32H39ClN6OS/c1-23-5-4-15-38(20-23)28-19-29(39-16-12-24-6-2-3-7-25(24)21-39)36-30(35-28)37-31(41)34-22-32(13-17-40-18-14-32)26-8-10-27(33)11-9-26/h2-3,6-11,19,23H,4-5,12-18,20-22H2,1H3,(H2,34,35,36,37,41)/t23-/m1/s1. The minimum Gasteiger partial charge on any atom is -0.381 e. The predicted octanol–water partition coefficient (Wildman–Crippen LogP) is 5.96. The maximum Gasteiger partial charge on any atom is 0.232 e. The number of piperidine rings is 1. The second-order valence-electron chi connectivity index (χ2n) is 11.7. The zero-order valence-corrected chi connectivity index (χ0v) is 25.3. The van der Waals surface area contributed by atoms with E-state index in [4.69, 9.17) is 38.5 Å². The molecule has 1 aromatic heterocycles. The molecule has 2 aromatic carbocycles. The van der Waals surface area contributed by atoms with Gasteiger partial charge in [0.2, 0.25) is 5.95 Å². The van der Waals surface area contributed by atoms with E-state index in [9.17, 15) is 0 Å². The van der Waals surface area contributed by atoms with E-state index in [2.05, 4.69) is 69.8 Å². The van der Waals surface area contributed by atoms with Crippen LogP contribution < -0.4 is 20.4 Å². The van der Waals surface area contributed by atoms with Crippen molar-refractivity contribution >= 4 is 46.5 Å². The molecule has 0 saturated carbocycles. The van der Waals surface area contributed by atoms with Crippen LogP contribution in [0.4, 0.5) is 17.6 Å². The molecule has 0 unspecified atom stereocenters. The van der Waals surface area contributed by atoms with Crippen LogP contribution in [0.1, 0.15) is 49.3 Å². The summed E-state index contributed by atoms with van der Waals surface area (Å²) in [4.78, 5) is 14.7. The highest BCUT2D eigenvalue weighted by molar-refractivity contribution is 7.80. The van der Waals surface area contributed by atoms with Crippen LogP contribution in [0.2, 0.25) is 5.02 Å². The minimum atomic E-state index is -0.0758. The minimum absolute atomic E-state index is 0.0758. The van der Waals surface area contributed by atoms with Gasteiger partial charge in [-0.05, 0) is 79.1 Å². The van der Waals surface area contributed by atoms with Crippen molar-refractivity contribution in [1.29, 1.82) is 0 Å². The first-order chi connectivity index (χ1) is 20.0. The zero-order valence-electron chi connectivity index (χ0n) is 23.7. The third-order valence-corrected chi connectivity index (χ3v) is 9.35. The lowest BCUT2D eigenvalue weighted by molar-refractivity contribution is 0.0515. The van der Waals surface area contributed by atoms with Gasteiger partial charge in [-0.15, -0.1) is 0 Å². The van der Waals surface area contributed by atoms with Gasteiger partial charge in [-0.3, -0.25) is 0 Å². The third-order valence-electron chi connectivity index (χ3n) is 8.85. The van der Waals surface area contributed by atoms with Gasteiger partial charge >= 0.3 is 0 Å². The topological polar surface area (TPSA) is 65.5 Å². The quantitative estimate of drug-likeness (QED) is 0.341. The fourth-order valence-electron chi connectivity index (χ4n) is 6.42. The number of hydrogen-bond donors (Lipinski definition) is 2. The van der Waals surface area contributed by atoms with Crippen molar-refractivity contribution in [1.82, 2.24) is 15.3 Å². The largest absolute Gasteiger partial charge is 0.381 e. The van der Waals surface area contributed by atoms with Gasteiger partial charge < -0.3 is 25.2 Å². The van der Waals surface area contributed by atoms with E-state index in [1.807, 2.05) is 12.1 Å². The third kappa shape index (κ3) is 6.60. The zero-order chi connectivity index (χ0) is 28.2. The number of aromatic nitrogens is 2.